The Morgan fingerprint density at radius 3 is 2.31 bits per heavy atom. The largest absolute Gasteiger partial charge is 0.493 e. The summed E-state index contributed by atoms with van der Waals surface area (Å²) < 4.78 is 33.7. The summed E-state index contributed by atoms with van der Waals surface area (Å²) in [5, 5.41) is 2.63. The minimum atomic E-state index is -0.711. The van der Waals surface area contributed by atoms with E-state index >= 15 is 0 Å². The van der Waals surface area contributed by atoms with E-state index in [9.17, 15) is 14.0 Å². The topological polar surface area (TPSA) is 83.1 Å². The molecule has 0 bridgehead atoms. The van der Waals surface area contributed by atoms with Crippen LogP contribution in [0.5, 0.6) is 17.2 Å². The molecule has 0 aromatic heterocycles. The van der Waals surface area contributed by atoms with Gasteiger partial charge >= 0.3 is 5.97 Å². The molecule has 2 aromatic rings. The lowest BCUT2D eigenvalue weighted by molar-refractivity contribution is -0.143. The molecule has 8 heteroatoms. The van der Waals surface area contributed by atoms with E-state index in [-0.39, 0.29) is 6.54 Å². The van der Waals surface area contributed by atoms with Crippen molar-refractivity contribution in [1.82, 2.24) is 5.32 Å². The summed E-state index contributed by atoms with van der Waals surface area (Å²) in [5.74, 6) is -0.228. The zero-order valence-corrected chi connectivity index (χ0v) is 16.4. The molecule has 0 heterocycles. The first kappa shape index (κ1) is 21.7. The van der Waals surface area contributed by atoms with E-state index in [1.165, 1.54) is 45.6 Å². The maximum atomic E-state index is 13.1. The fraction of sp³-hybridized carbons (Fsp3) is 0.238. The van der Waals surface area contributed by atoms with E-state index in [0.717, 1.165) is 6.08 Å². The molecule has 1 amide bonds. The summed E-state index contributed by atoms with van der Waals surface area (Å²) in [4.78, 5) is 23.6. The molecular weight excluding hydrogens is 381 g/mol. The molecule has 0 unspecified atom stereocenters. The van der Waals surface area contributed by atoms with Gasteiger partial charge in [-0.15, -0.1) is 0 Å². The predicted octanol–water partition coefficient (Wildman–Crippen LogP) is 2.72. The maximum absolute atomic E-state index is 13.1. The van der Waals surface area contributed by atoms with Gasteiger partial charge in [0.25, 0.3) is 5.91 Å². The van der Waals surface area contributed by atoms with Crippen molar-refractivity contribution in [2.45, 2.75) is 6.54 Å². The molecule has 29 heavy (non-hydrogen) atoms. The first-order valence-corrected chi connectivity index (χ1v) is 8.62. The molecule has 0 aliphatic rings. The predicted molar refractivity (Wildman–Crippen MR) is 104 cm³/mol. The van der Waals surface area contributed by atoms with Gasteiger partial charge in [0.1, 0.15) is 5.82 Å². The first-order chi connectivity index (χ1) is 14.0. The molecule has 2 rings (SSSR count). The van der Waals surface area contributed by atoms with E-state index < -0.39 is 24.3 Å². The molecule has 0 aliphatic carbocycles. The second-order valence-electron chi connectivity index (χ2n) is 5.81. The lowest BCUT2D eigenvalue weighted by Gasteiger charge is -2.14. The highest BCUT2D eigenvalue weighted by Gasteiger charge is 2.14. The molecule has 0 atom stereocenters. The number of methoxy groups -OCH3 is 3. The van der Waals surface area contributed by atoms with Crippen LogP contribution in [-0.4, -0.2) is 39.8 Å². The van der Waals surface area contributed by atoms with E-state index in [0.29, 0.717) is 28.4 Å². The van der Waals surface area contributed by atoms with Crippen molar-refractivity contribution in [2.75, 3.05) is 27.9 Å². The van der Waals surface area contributed by atoms with Crippen LogP contribution in [0.2, 0.25) is 0 Å². The van der Waals surface area contributed by atoms with Crippen molar-refractivity contribution in [3.63, 3.8) is 0 Å². The number of carbonyl (C=O) groups is 2. The summed E-state index contributed by atoms with van der Waals surface area (Å²) in [5.41, 5.74) is 1.22. The molecule has 154 valence electrons. The van der Waals surface area contributed by atoms with Crippen molar-refractivity contribution >= 4 is 18.0 Å². The average Bonchev–Trinajstić information content (AvgIpc) is 2.73. The third kappa shape index (κ3) is 6.53. The van der Waals surface area contributed by atoms with Crippen molar-refractivity contribution in [2.24, 2.45) is 0 Å². The highest BCUT2D eigenvalue weighted by molar-refractivity contribution is 5.89. The SMILES string of the molecule is COc1cc(CNC(=O)COC(=O)/C=C/c2cccc(F)c2)cc(OC)c1OC. The van der Waals surface area contributed by atoms with Crippen molar-refractivity contribution in [1.29, 1.82) is 0 Å². The number of hydrogen-bond donors (Lipinski definition) is 1. The van der Waals surface area contributed by atoms with Crippen LogP contribution in [0.3, 0.4) is 0 Å². The van der Waals surface area contributed by atoms with Crippen LogP contribution in [0.15, 0.2) is 42.5 Å². The van der Waals surface area contributed by atoms with Gasteiger partial charge in [-0.3, -0.25) is 4.79 Å². The maximum Gasteiger partial charge on any atom is 0.331 e. The van der Waals surface area contributed by atoms with E-state index in [1.54, 1.807) is 18.2 Å². The quantitative estimate of drug-likeness (QED) is 0.512. The van der Waals surface area contributed by atoms with Crippen molar-refractivity contribution in [3.8, 4) is 17.2 Å². The number of nitrogens with one attached hydrogen (secondary N) is 1. The number of rotatable bonds is 9. The van der Waals surface area contributed by atoms with Crippen molar-refractivity contribution < 1.29 is 32.9 Å². The number of amides is 1. The zero-order chi connectivity index (χ0) is 21.2. The fourth-order valence-electron chi connectivity index (χ4n) is 2.45. The normalized spacial score (nSPS) is 10.5. The number of halogens is 1. The first-order valence-electron chi connectivity index (χ1n) is 8.62. The van der Waals surface area contributed by atoms with Gasteiger partial charge in [0.15, 0.2) is 18.1 Å². The molecule has 7 nitrogen and oxygen atoms in total. The standard InChI is InChI=1S/C21H22FNO6/c1-26-17-10-15(11-18(27-2)21(17)28-3)12-23-19(24)13-29-20(25)8-7-14-5-4-6-16(22)9-14/h4-11H,12-13H2,1-3H3,(H,23,24)/b8-7+. The third-order valence-corrected chi connectivity index (χ3v) is 3.82. The van der Waals surface area contributed by atoms with E-state index in [4.69, 9.17) is 18.9 Å². The van der Waals surface area contributed by atoms with Crippen molar-refractivity contribution in [3.05, 3.63) is 59.4 Å². The van der Waals surface area contributed by atoms with Gasteiger partial charge in [-0.05, 0) is 41.5 Å². The highest BCUT2D eigenvalue weighted by Crippen LogP contribution is 2.38. The van der Waals surface area contributed by atoms with Gasteiger partial charge in [-0.2, -0.15) is 0 Å². The van der Waals surface area contributed by atoms with Gasteiger partial charge in [0.05, 0.1) is 21.3 Å². The molecule has 0 fully saturated rings. The van der Waals surface area contributed by atoms with Gasteiger partial charge in [-0.1, -0.05) is 12.1 Å². The van der Waals surface area contributed by atoms with Gasteiger partial charge in [-0.25, -0.2) is 9.18 Å². The Bertz CT molecular complexity index is 871. The fourth-order valence-corrected chi connectivity index (χ4v) is 2.45. The minimum absolute atomic E-state index is 0.173. The Balaban J connectivity index is 1.86. The Morgan fingerprint density at radius 2 is 1.72 bits per heavy atom. The highest BCUT2D eigenvalue weighted by atomic mass is 19.1. The van der Waals surface area contributed by atoms with Crippen LogP contribution in [0.4, 0.5) is 4.39 Å². The molecule has 0 saturated heterocycles. The molecule has 1 N–H and O–H groups in total. The number of benzene rings is 2. The molecule has 0 radical (unpaired) electrons. The number of hydrogen-bond acceptors (Lipinski definition) is 6. The molecule has 0 saturated carbocycles. The summed E-state index contributed by atoms with van der Waals surface area (Å²) >= 11 is 0. The summed E-state index contributed by atoms with van der Waals surface area (Å²) in [7, 11) is 4.49. The number of carbonyl (C=O) groups excluding carboxylic acids is 2. The Labute approximate surface area is 168 Å². The van der Waals surface area contributed by atoms with Crippen LogP contribution in [0.1, 0.15) is 11.1 Å². The summed E-state index contributed by atoms with van der Waals surface area (Å²) in [6.07, 6.45) is 2.53. The van der Waals surface area contributed by atoms with Gasteiger partial charge in [0, 0.05) is 12.6 Å². The van der Waals surface area contributed by atoms with Crippen LogP contribution in [-0.2, 0) is 20.9 Å². The number of esters is 1. The lowest BCUT2D eigenvalue weighted by atomic mass is 10.1. The molecular formula is C21H22FNO6. The average molecular weight is 403 g/mol. The van der Waals surface area contributed by atoms with Crippen LogP contribution in [0, 0.1) is 5.82 Å². The third-order valence-electron chi connectivity index (χ3n) is 3.82. The lowest BCUT2D eigenvalue weighted by Crippen LogP contribution is -2.28. The Kier molecular flexibility index (Phi) is 8.02. The van der Waals surface area contributed by atoms with Gasteiger partial charge in [0.2, 0.25) is 5.75 Å². The monoisotopic (exact) mass is 403 g/mol. The van der Waals surface area contributed by atoms with Crippen LogP contribution >= 0.6 is 0 Å². The summed E-state index contributed by atoms with van der Waals surface area (Å²) in [6.45, 7) is -0.275. The number of ether oxygens (including phenoxy) is 4. The molecule has 0 aliphatic heterocycles. The Hall–Kier alpha value is -3.55. The van der Waals surface area contributed by atoms with Crippen LogP contribution in [0.25, 0.3) is 6.08 Å². The second-order valence-corrected chi connectivity index (χ2v) is 5.81. The summed E-state index contributed by atoms with van der Waals surface area (Å²) in [6, 6.07) is 9.14. The smallest absolute Gasteiger partial charge is 0.331 e. The zero-order valence-electron chi connectivity index (χ0n) is 16.4. The van der Waals surface area contributed by atoms with Crippen LogP contribution < -0.4 is 19.5 Å². The second kappa shape index (κ2) is 10.7. The van der Waals surface area contributed by atoms with E-state index in [1.807, 2.05) is 0 Å². The van der Waals surface area contributed by atoms with E-state index in [2.05, 4.69) is 5.32 Å². The molecule has 0 spiro atoms. The molecule has 2 aromatic carbocycles. The minimum Gasteiger partial charge on any atom is -0.493 e. The Morgan fingerprint density at radius 1 is 1.03 bits per heavy atom. The van der Waals surface area contributed by atoms with Gasteiger partial charge < -0.3 is 24.3 Å².